The van der Waals surface area contributed by atoms with E-state index in [2.05, 4.69) is 13.8 Å². The van der Waals surface area contributed by atoms with Crippen LogP contribution in [0.3, 0.4) is 0 Å². The predicted molar refractivity (Wildman–Crippen MR) is 53.9 cm³/mol. The molecular formula is C11H22O2. The molecule has 78 valence electrons. The molecule has 0 amide bonds. The van der Waals surface area contributed by atoms with Gasteiger partial charge in [0.1, 0.15) is 6.10 Å². The second-order valence-corrected chi connectivity index (χ2v) is 3.86. The summed E-state index contributed by atoms with van der Waals surface area (Å²) in [6.07, 6.45) is 5.57. The number of hydrogen-bond donors (Lipinski definition) is 0. The molecule has 1 rings (SSSR count). The van der Waals surface area contributed by atoms with Crippen molar-refractivity contribution in [2.24, 2.45) is 5.92 Å². The SMILES string of the molecule is CCC(CC)CCCOCC1CO1. The van der Waals surface area contributed by atoms with Gasteiger partial charge in [0.05, 0.1) is 13.2 Å². The lowest BCUT2D eigenvalue weighted by molar-refractivity contribution is 0.110. The van der Waals surface area contributed by atoms with Gasteiger partial charge in [-0.05, 0) is 18.8 Å². The molecule has 1 aliphatic heterocycles. The lowest BCUT2D eigenvalue weighted by atomic mass is 9.98. The molecule has 0 bridgehead atoms. The molecule has 1 atom stereocenters. The van der Waals surface area contributed by atoms with Crippen LogP contribution < -0.4 is 0 Å². The highest BCUT2D eigenvalue weighted by Crippen LogP contribution is 2.15. The molecule has 0 aromatic carbocycles. The average Bonchev–Trinajstić information content (AvgIpc) is 2.95. The third-order valence-electron chi connectivity index (χ3n) is 2.76. The van der Waals surface area contributed by atoms with Gasteiger partial charge in [-0.3, -0.25) is 0 Å². The van der Waals surface area contributed by atoms with E-state index in [-0.39, 0.29) is 0 Å². The van der Waals surface area contributed by atoms with Gasteiger partial charge in [0.2, 0.25) is 0 Å². The van der Waals surface area contributed by atoms with Crippen molar-refractivity contribution in [3.63, 3.8) is 0 Å². The summed E-state index contributed by atoms with van der Waals surface area (Å²) in [4.78, 5) is 0. The topological polar surface area (TPSA) is 21.8 Å². The fraction of sp³-hybridized carbons (Fsp3) is 1.00. The van der Waals surface area contributed by atoms with Gasteiger partial charge in [-0.1, -0.05) is 26.7 Å². The molecule has 0 saturated carbocycles. The van der Waals surface area contributed by atoms with Crippen molar-refractivity contribution < 1.29 is 9.47 Å². The van der Waals surface area contributed by atoms with E-state index in [4.69, 9.17) is 9.47 Å². The normalized spacial score (nSPS) is 21.0. The minimum Gasteiger partial charge on any atom is -0.379 e. The molecule has 1 fully saturated rings. The summed E-state index contributed by atoms with van der Waals surface area (Å²) in [7, 11) is 0. The molecule has 0 spiro atoms. The lowest BCUT2D eigenvalue weighted by Crippen LogP contribution is -2.05. The molecule has 13 heavy (non-hydrogen) atoms. The highest BCUT2D eigenvalue weighted by atomic mass is 16.6. The fourth-order valence-corrected chi connectivity index (χ4v) is 1.55. The predicted octanol–water partition coefficient (Wildman–Crippen LogP) is 2.62. The Balaban J connectivity index is 1.81. The molecule has 1 saturated heterocycles. The zero-order chi connectivity index (χ0) is 9.52. The van der Waals surface area contributed by atoms with E-state index in [0.717, 1.165) is 25.7 Å². The second-order valence-electron chi connectivity index (χ2n) is 3.86. The standard InChI is InChI=1S/C11H22O2/c1-3-10(4-2)6-5-7-12-8-11-9-13-11/h10-11H,3-9H2,1-2H3. The smallest absolute Gasteiger partial charge is 0.104 e. The summed E-state index contributed by atoms with van der Waals surface area (Å²) < 4.78 is 10.5. The monoisotopic (exact) mass is 186 g/mol. The van der Waals surface area contributed by atoms with Crippen LogP contribution in [0.25, 0.3) is 0 Å². The van der Waals surface area contributed by atoms with Crippen molar-refractivity contribution in [2.45, 2.75) is 45.6 Å². The maximum atomic E-state index is 5.47. The first-order valence-corrected chi connectivity index (χ1v) is 5.56. The van der Waals surface area contributed by atoms with Crippen LogP contribution in [-0.4, -0.2) is 25.9 Å². The van der Waals surface area contributed by atoms with Crippen LogP contribution in [0.4, 0.5) is 0 Å². The second kappa shape index (κ2) is 6.39. The van der Waals surface area contributed by atoms with Crippen LogP contribution in [0, 0.1) is 5.92 Å². The largest absolute Gasteiger partial charge is 0.379 e. The summed E-state index contributed by atoms with van der Waals surface area (Å²) in [6.45, 7) is 7.17. The molecule has 0 aromatic rings. The van der Waals surface area contributed by atoms with E-state index in [9.17, 15) is 0 Å². The van der Waals surface area contributed by atoms with Crippen molar-refractivity contribution in [1.82, 2.24) is 0 Å². The van der Waals surface area contributed by atoms with Gasteiger partial charge in [-0.15, -0.1) is 0 Å². The van der Waals surface area contributed by atoms with Gasteiger partial charge in [-0.2, -0.15) is 0 Å². The van der Waals surface area contributed by atoms with Crippen molar-refractivity contribution in [1.29, 1.82) is 0 Å². The van der Waals surface area contributed by atoms with E-state index in [1.54, 1.807) is 0 Å². The van der Waals surface area contributed by atoms with Gasteiger partial charge < -0.3 is 9.47 Å². The Morgan fingerprint density at radius 1 is 1.38 bits per heavy atom. The average molecular weight is 186 g/mol. The molecule has 2 heteroatoms. The van der Waals surface area contributed by atoms with Crippen molar-refractivity contribution >= 4 is 0 Å². The number of hydrogen-bond acceptors (Lipinski definition) is 2. The van der Waals surface area contributed by atoms with Gasteiger partial charge in [0.15, 0.2) is 0 Å². The zero-order valence-electron chi connectivity index (χ0n) is 8.92. The summed E-state index contributed by atoms with van der Waals surface area (Å²) >= 11 is 0. The number of ether oxygens (including phenoxy) is 2. The Morgan fingerprint density at radius 3 is 2.62 bits per heavy atom. The summed E-state index contributed by atoms with van der Waals surface area (Å²) in [5.41, 5.74) is 0. The van der Waals surface area contributed by atoms with E-state index in [1.807, 2.05) is 0 Å². The summed E-state index contributed by atoms with van der Waals surface area (Å²) in [6, 6.07) is 0. The van der Waals surface area contributed by atoms with Crippen LogP contribution in [-0.2, 0) is 9.47 Å². The molecule has 0 aromatic heterocycles. The molecular weight excluding hydrogens is 164 g/mol. The quantitative estimate of drug-likeness (QED) is 0.429. The summed E-state index contributed by atoms with van der Waals surface area (Å²) in [5.74, 6) is 0.903. The van der Waals surface area contributed by atoms with E-state index in [0.29, 0.717) is 6.10 Å². The number of rotatable bonds is 8. The molecule has 2 nitrogen and oxygen atoms in total. The third kappa shape index (κ3) is 5.27. The van der Waals surface area contributed by atoms with Gasteiger partial charge in [0, 0.05) is 6.61 Å². The minimum absolute atomic E-state index is 0.424. The van der Waals surface area contributed by atoms with E-state index in [1.165, 1.54) is 25.7 Å². The van der Waals surface area contributed by atoms with Crippen LogP contribution in [0.5, 0.6) is 0 Å². The third-order valence-corrected chi connectivity index (χ3v) is 2.76. The van der Waals surface area contributed by atoms with Crippen molar-refractivity contribution in [3.8, 4) is 0 Å². The Hall–Kier alpha value is -0.0800. The Bertz CT molecular complexity index is 117. The van der Waals surface area contributed by atoms with Crippen molar-refractivity contribution in [2.75, 3.05) is 19.8 Å². The maximum Gasteiger partial charge on any atom is 0.104 e. The Labute approximate surface area is 81.6 Å². The van der Waals surface area contributed by atoms with Gasteiger partial charge in [0.25, 0.3) is 0 Å². The highest BCUT2D eigenvalue weighted by molar-refractivity contribution is 4.67. The first-order chi connectivity index (χ1) is 6.36. The van der Waals surface area contributed by atoms with Crippen LogP contribution in [0.1, 0.15) is 39.5 Å². The molecule has 1 aliphatic rings. The maximum absolute atomic E-state index is 5.47. The van der Waals surface area contributed by atoms with Crippen LogP contribution in [0.15, 0.2) is 0 Å². The Morgan fingerprint density at radius 2 is 2.08 bits per heavy atom. The van der Waals surface area contributed by atoms with Gasteiger partial charge in [-0.25, -0.2) is 0 Å². The summed E-state index contributed by atoms with van der Waals surface area (Å²) in [5, 5.41) is 0. The fourth-order valence-electron chi connectivity index (χ4n) is 1.55. The van der Waals surface area contributed by atoms with Gasteiger partial charge >= 0.3 is 0 Å². The van der Waals surface area contributed by atoms with Crippen LogP contribution in [0.2, 0.25) is 0 Å². The molecule has 1 heterocycles. The molecule has 1 unspecified atom stereocenters. The van der Waals surface area contributed by atoms with E-state index < -0.39 is 0 Å². The first kappa shape index (κ1) is 11.0. The molecule has 0 radical (unpaired) electrons. The van der Waals surface area contributed by atoms with E-state index >= 15 is 0 Å². The first-order valence-electron chi connectivity index (χ1n) is 5.56. The highest BCUT2D eigenvalue weighted by Gasteiger charge is 2.21. The minimum atomic E-state index is 0.424. The lowest BCUT2D eigenvalue weighted by Gasteiger charge is -2.11. The van der Waals surface area contributed by atoms with Crippen molar-refractivity contribution in [3.05, 3.63) is 0 Å². The van der Waals surface area contributed by atoms with Crippen LogP contribution >= 0.6 is 0 Å². The molecule has 0 aliphatic carbocycles. The zero-order valence-corrected chi connectivity index (χ0v) is 8.92. The number of epoxide rings is 1. The Kier molecular flexibility index (Phi) is 5.40. The molecule has 0 N–H and O–H groups in total.